The van der Waals surface area contributed by atoms with E-state index < -0.39 is 5.41 Å². The van der Waals surface area contributed by atoms with Crippen LogP contribution in [0.1, 0.15) is 33.4 Å². The zero-order chi connectivity index (χ0) is 13.3. The van der Waals surface area contributed by atoms with Crippen molar-refractivity contribution in [3.63, 3.8) is 0 Å². The number of nitrogens with one attached hydrogen (secondary N) is 1. The summed E-state index contributed by atoms with van der Waals surface area (Å²) in [5.74, 6) is -0.306. The number of hydrogen-bond acceptors (Lipinski definition) is 3. The monoisotopic (exact) mass is 238 g/mol. The molecule has 0 unspecified atom stereocenters. The molecular weight excluding hydrogens is 216 g/mol. The number of aromatic nitrogens is 2. The second-order valence-electron chi connectivity index (χ2n) is 5.53. The molecule has 1 aromatic heterocycles. The largest absolute Gasteiger partial charge is 0.369 e. The van der Waals surface area contributed by atoms with Crippen molar-refractivity contribution >= 4 is 5.91 Å². The Balaban J connectivity index is 3.02. The standard InChI is InChI=1S/C12H22N4O/c1-11(2,10(13)17)7-16-8-15-6-9(16)12(3,4)14-5/h6,8,14H,7H2,1-5H3,(H2,13,17). The minimum atomic E-state index is -0.584. The molecule has 0 bridgehead atoms. The van der Waals surface area contributed by atoms with Crippen LogP contribution in [0.25, 0.3) is 0 Å². The first-order chi connectivity index (χ1) is 7.70. The average Bonchev–Trinajstić information content (AvgIpc) is 2.65. The fraction of sp³-hybridized carbons (Fsp3) is 0.667. The maximum Gasteiger partial charge on any atom is 0.224 e. The first kappa shape index (κ1) is 13.7. The molecule has 5 heteroatoms. The van der Waals surface area contributed by atoms with E-state index in [1.165, 1.54) is 0 Å². The average molecular weight is 238 g/mol. The molecule has 0 aliphatic rings. The summed E-state index contributed by atoms with van der Waals surface area (Å²) in [6, 6.07) is 0. The van der Waals surface area contributed by atoms with E-state index in [9.17, 15) is 4.79 Å². The Hall–Kier alpha value is -1.36. The van der Waals surface area contributed by atoms with E-state index in [2.05, 4.69) is 24.1 Å². The van der Waals surface area contributed by atoms with E-state index in [0.29, 0.717) is 6.54 Å². The summed E-state index contributed by atoms with van der Waals surface area (Å²) in [5.41, 5.74) is 5.65. The van der Waals surface area contributed by atoms with Crippen molar-refractivity contribution in [2.45, 2.75) is 39.8 Å². The van der Waals surface area contributed by atoms with E-state index in [-0.39, 0.29) is 11.4 Å². The van der Waals surface area contributed by atoms with Crippen molar-refractivity contribution in [1.29, 1.82) is 0 Å². The highest BCUT2D eigenvalue weighted by molar-refractivity contribution is 5.79. The van der Waals surface area contributed by atoms with Crippen molar-refractivity contribution < 1.29 is 4.79 Å². The van der Waals surface area contributed by atoms with Gasteiger partial charge in [-0.1, -0.05) is 0 Å². The molecule has 1 amide bonds. The van der Waals surface area contributed by atoms with Gasteiger partial charge >= 0.3 is 0 Å². The Morgan fingerprint density at radius 1 is 1.47 bits per heavy atom. The van der Waals surface area contributed by atoms with Crippen molar-refractivity contribution in [3.05, 3.63) is 18.2 Å². The molecule has 1 aromatic rings. The van der Waals surface area contributed by atoms with Gasteiger partial charge in [0.25, 0.3) is 0 Å². The van der Waals surface area contributed by atoms with Crippen LogP contribution in [0.15, 0.2) is 12.5 Å². The first-order valence-corrected chi connectivity index (χ1v) is 5.70. The van der Waals surface area contributed by atoms with Gasteiger partial charge in [-0.05, 0) is 34.7 Å². The molecule has 96 valence electrons. The molecule has 0 saturated heterocycles. The summed E-state index contributed by atoms with van der Waals surface area (Å²) < 4.78 is 1.97. The normalized spacial score (nSPS) is 12.8. The van der Waals surface area contributed by atoms with Gasteiger partial charge in [0.2, 0.25) is 5.91 Å². The molecule has 17 heavy (non-hydrogen) atoms. The van der Waals surface area contributed by atoms with Crippen LogP contribution in [0.4, 0.5) is 0 Å². The third kappa shape index (κ3) is 2.85. The van der Waals surface area contributed by atoms with Crippen molar-refractivity contribution in [3.8, 4) is 0 Å². The maximum atomic E-state index is 11.4. The minimum Gasteiger partial charge on any atom is -0.369 e. The Bertz CT molecular complexity index is 406. The predicted octanol–water partition coefficient (Wildman–Crippen LogP) is 0.849. The molecular formula is C12H22N4O. The number of nitrogens with zero attached hydrogens (tertiary/aromatic N) is 2. The van der Waals surface area contributed by atoms with Crippen LogP contribution in [0.2, 0.25) is 0 Å². The lowest BCUT2D eigenvalue weighted by Gasteiger charge is -2.28. The Kier molecular flexibility index (Phi) is 3.62. The topological polar surface area (TPSA) is 72.9 Å². The fourth-order valence-corrected chi connectivity index (χ4v) is 1.60. The smallest absolute Gasteiger partial charge is 0.224 e. The highest BCUT2D eigenvalue weighted by atomic mass is 16.1. The first-order valence-electron chi connectivity index (χ1n) is 5.70. The number of carbonyl (C=O) groups is 1. The van der Waals surface area contributed by atoms with Gasteiger partial charge < -0.3 is 15.6 Å². The van der Waals surface area contributed by atoms with E-state index in [1.807, 2.05) is 31.7 Å². The summed E-state index contributed by atoms with van der Waals surface area (Å²) in [7, 11) is 1.90. The molecule has 0 spiro atoms. The second kappa shape index (κ2) is 4.49. The summed E-state index contributed by atoms with van der Waals surface area (Å²) in [6.45, 7) is 8.34. The van der Waals surface area contributed by atoms with Gasteiger partial charge in [0.15, 0.2) is 0 Å². The maximum absolute atomic E-state index is 11.4. The summed E-state index contributed by atoms with van der Waals surface area (Å²) in [6.07, 6.45) is 3.55. The number of nitrogens with two attached hydrogens (primary N) is 1. The molecule has 0 atom stereocenters. The molecule has 0 aromatic carbocycles. The zero-order valence-electron chi connectivity index (χ0n) is 11.2. The van der Waals surface area contributed by atoms with Crippen LogP contribution in [0, 0.1) is 5.41 Å². The van der Waals surface area contributed by atoms with E-state index in [4.69, 9.17) is 5.73 Å². The van der Waals surface area contributed by atoms with Crippen LogP contribution < -0.4 is 11.1 Å². The highest BCUT2D eigenvalue weighted by Gasteiger charge is 2.29. The van der Waals surface area contributed by atoms with E-state index in [1.54, 1.807) is 6.33 Å². The van der Waals surface area contributed by atoms with E-state index in [0.717, 1.165) is 5.69 Å². The lowest BCUT2D eigenvalue weighted by atomic mass is 9.92. The molecule has 0 aliphatic carbocycles. The van der Waals surface area contributed by atoms with Crippen molar-refractivity contribution in [2.24, 2.45) is 11.1 Å². The number of hydrogen-bond donors (Lipinski definition) is 2. The van der Waals surface area contributed by atoms with Gasteiger partial charge in [0, 0.05) is 12.7 Å². The van der Waals surface area contributed by atoms with Crippen molar-refractivity contribution in [2.75, 3.05) is 7.05 Å². The molecule has 0 radical (unpaired) electrons. The quantitative estimate of drug-likeness (QED) is 0.798. The molecule has 3 N–H and O–H groups in total. The predicted molar refractivity (Wildman–Crippen MR) is 67.3 cm³/mol. The van der Waals surface area contributed by atoms with Crippen LogP contribution in [-0.4, -0.2) is 22.5 Å². The van der Waals surface area contributed by atoms with Gasteiger partial charge in [0.1, 0.15) is 0 Å². The van der Waals surface area contributed by atoms with Crippen LogP contribution >= 0.6 is 0 Å². The number of primary amides is 1. The van der Waals surface area contributed by atoms with Gasteiger partial charge in [-0.25, -0.2) is 4.98 Å². The second-order valence-corrected chi connectivity index (χ2v) is 5.53. The molecule has 1 rings (SSSR count). The van der Waals surface area contributed by atoms with Crippen LogP contribution in [-0.2, 0) is 16.9 Å². The zero-order valence-corrected chi connectivity index (χ0v) is 11.2. The van der Waals surface area contributed by atoms with Crippen LogP contribution in [0.5, 0.6) is 0 Å². The molecule has 0 saturated carbocycles. The highest BCUT2D eigenvalue weighted by Crippen LogP contribution is 2.23. The summed E-state index contributed by atoms with van der Waals surface area (Å²) >= 11 is 0. The number of rotatable bonds is 5. The van der Waals surface area contributed by atoms with Gasteiger partial charge in [-0.15, -0.1) is 0 Å². The third-order valence-electron chi connectivity index (χ3n) is 3.21. The Morgan fingerprint density at radius 2 is 2.06 bits per heavy atom. The summed E-state index contributed by atoms with van der Waals surface area (Å²) in [5, 5.41) is 3.22. The summed E-state index contributed by atoms with van der Waals surface area (Å²) in [4.78, 5) is 15.5. The minimum absolute atomic E-state index is 0.190. The number of imidazole rings is 1. The van der Waals surface area contributed by atoms with Gasteiger partial charge in [-0.3, -0.25) is 4.79 Å². The number of carbonyl (C=O) groups excluding carboxylic acids is 1. The van der Waals surface area contributed by atoms with Gasteiger partial charge in [0.05, 0.1) is 23.0 Å². The third-order valence-corrected chi connectivity index (χ3v) is 3.21. The Morgan fingerprint density at radius 3 is 2.53 bits per heavy atom. The fourth-order valence-electron chi connectivity index (χ4n) is 1.60. The molecule has 1 heterocycles. The van der Waals surface area contributed by atoms with Crippen molar-refractivity contribution in [1.82, 2.24) is 14.9 Å². The van der Waals surface area contributed by atoms with E-state index >= 15 is 0 Å². The molecule has 5 nitrogen and oxygen atoms in total. The van der Waals surface area contributed by atoms with Gasteiger partial charge in [-0.2, -0.15) is 0 Å². The SMILES string of the molecule is CNC(C)(C)c1cncn1CC(C)(C)C(N)=O. The molecule has 0 aliphatic heterocycles. The molecule has 0 fully saturated rings. The lowest BCUT2D eigenvalue weighted by molar-refractivity contribution is -0.126. The lowest BCUT2D eigenvalue weighted by Crippen LogP contribution is -2.39. The van der Waals surface area contributed by atoms with Crippen LogP contribution in [0.3, 0.4) is 0 Å². The Labute approximate surface area is 102 Å². The number of amides is 1.